The first-order chi connectivity index (χ1) is 29.4. The molecule has 60 heavy (non-hydrogen) atoms. The summed E-state index contributed by atoms with van der Waals surface area (Å²) in [5.41, 5.74) is 7.83. The molecular weight excluding hydrogens is 795 g/mol. The maximum Gasteiger partial charge on any atom is 0.226 e. The zero-order valence-electron chi connectivity index (χ0n) is 31.8. The molecule has 0 aliphatic rings. The highest BCUT2D eigenvalue weighted by atomic mass is 35.5. The van der Waals surface area contributed by atoms with Gasteiger partial charge in [-0.3, -0.25) is 9.59 Å². The number of aromatic amines is 1. The summed E-state index contributed by atoms with van der Waals surface area (Å²) in [4.78, 5) is 55.9. The van der Waals surface area contributed by atoms with Gasteiger partial charge in [0.05, 0.1) is 12.7 Å². The first-order valence-corrected chi connectivity index (χ1v) is 19.6. The minimum atomic E-state index is -0.0559. The van der Waals surface area contributed by atoms with Crippen molar-refractivity contribution in [2.24, 2.45) is 0 Å². The third-order valence-corrected chi connectivity index (χ3v) is 10.2. The number of benzene rings is 4. The topological polar surface area (TPSA) is 142 Å². The predicted octanol–water partition coefficient (Wildman–Crippen LogP) is 9.48. The van der Waals surface area contributed by atoms with E-state index in [1.807, 2.05) is 137 Å². The molecular formula is C46H32Cl2N10O2. The molecule has 10 rings (SSSR count). The van der Waals surface area contributed by atoms with Crippen molar-refractivity contribution in [3.63, 3.8) is 0 Å². The lowest BCUT2D eigenvalue weighted by atomic mass is 10.0. The zero-order valence-corrected chi connectivity index (χ0v) is 33.3. The van der Waals surface area contributed by atoms with E-state index in [0.29, 0.717) is 62.8 Å². The average Bonchev–Trinajstić information content (AvgIpc) is 3.94. The highest BCUT2D eigenvalue weighted by molar-refractivity contribution is 6.29. The van der Waals surface area contributed by atoms with Gasteiger partial charge in [-0.15, -0.1) is 0 Å². The maximum atomic E-state index is 13.4. The van der Waals surface area contributed by atoms with Crippen LogP contribution in [-0.4, -0.2) is 48.6 Å². The van der Waals surface area contributed by atoms with Gasteiger partial charge in [0.15, 0.2) is 39.3 Å². The first-order valence-electron chi connectivity index (χ1n) is 18.9. The number of fused-ring (bicyclic) bond motifs is 2. The summed E-state index contributed by atoms with van der Waals surface area (Å²) in [5.74, 6) is 1.04. The molecule has 0 bridgehead atoms. The van der Waals surface area contributed by atoms with Crippen LogP contribution in [0.2, 0.25) is 10.6 Å². The normalized spacial score (nSPS) is 11.1. The Labute approximate surface area is 352 Å². The largest absolute Gasteiger partial charge is 0.340 e. The van der Waals surface area contributed by atoms with Gasteiger partial charge in [-0.2, -0.15) is 19.9 Å². The Morgan fingerprint density at radius 2 is 0.950 bits per heavy atom. The molecule has 0 saturated carbocycles. The van der Waals surface area contributed by atoms with Crippen LogP contribution < -0.4 is 10.9 Å². The van der Waals surface area contributed by atoms with Crippen molar-refractivity contribution in [1.82, 2.24) is 48.6 Å². The SMILES string of the molecule is CCn1cnc2c(-n3cc(-c4ccccc4)c(=O)c(-c4ccccc4)c3)nc(Cl)nc21.O=c1c(-c2ccccc2)cn(-c2nc(Cl)nc3nc[nH]c23)cc1-c1ccccc1. The van der Waals surface area contributed by atoms with Crippen LogP contribution in [0.4, 0.5) is 0 Å². The average molecular weight is 828 g/mol. The van der Waals surface area contributed by atoms with Crippen LogP contribution in [-0.2, 0) is 6.54 Å². The summed E-state index contributed by atoms with van der Waals surface area (Å²) >= 11 is 12.4. The monoisotopic (exact) mass is 826 g/mol. The van der Waals surface area contributed by atoms with Crippen LogP contribution in [0.5, 0.6) is 0 Å². The highest BCUT2D eigenvalue weighted by Gasteiger charge is 2.19. The second kappa shape index (κ2) is 16.4. The van der Waals surface area contributed by atoms with Gasteiger partial charge in [-0.1, -0.05) is 121 Å². The molecule has 0 aliphatic carbocycles. The Balaban J connectivity index is 0.000000154. The van der Waals surface area contributed by atoms with Gasteiger partial charge in [0, 0.05) is 53.6 Å². The van der Waals surface area contributed by atoms with Gasteiger partial charge in [0.2, 0.25) is 10.6 Å². The van der Waals surface area contributed by atoms with E-state index >= 15 is 0 Å². The van der Waals surface area contributed by atoms with Crippen molar-refractivity contribution < 1.29 is 0 Å². The number of pyridine rings is 2. The van der Waals surface area contributed by atoms with Gasteiger partial charge in [0.1, 0.15) is 5.52 Å². The molecule has 0 fully saturated rings. The van der Waals surface area contributed by atoms with Crippen LogP contribution in [0.1, 0.15) is 6.92 Å². The van der Waals surface area contributed by atoms with Crippen LogP contribution >= 0.6 is 23.2 Å². The number of aromatic nitrogens is 10. The van der Waals surface area contributed by atoms with E-state index in [9.17, 15) is 9.59 Å². The summed E-state index contributed by atoms with van der Waals surface area (Å²) in [6.45, 7) is 2.72. The van der Waals surface area contributed by atoms with Gasteiger partial charge in [-0.05, 0) is 52.4 Å². The Morgan fingerprint density at radius 1 is 0.533 bits per heavy atom. The summed E-state index contributed by atoms with van der Waals surface area (Å²) in [5, 5.41) is 0.208. The summed E-state index contributed by atoms with van der Waals surface area (Å²) in [6.07, 6.45) is 10.4. The van der Waals surface area contributed by atoms with E-state index in [-0.39, 0.29) is 21.4 Å². The Hall–Kier alpha value is -7.54. The minimum absolute atomic E-state index is 0.0517. The second-order valence-electron chi connectivity index (χ2n) is 13.5. The molecule has 12 nitrogen and oxygen atoms in total. The number of rotatable bonds is 7. The summed E-state index contributed by atoms with van der Waals surface area (Å²) < 4.78 is 5.51. The fourth-order valence-corrected chi connectivity index (χ4v) is 7.31. The van der Waals surface area contributed by atoms with Crippen molar-refractivity contribution in [3.05, 3.63) is 190 Å². The van der Waals surface area contributed by atoms with Crippen molar-refractivity contribution in [2.45, 2.75) is 13.5 Å². The Morgan fingerprint density at radius 3 is 1.40 bits per heavy atom. The van der Waals surface area contributed by atoms with Crippen molar-refractivity contribution in [3.8, 4) is 56.1 Å². The van der Waals surface area contributed by atoms with E-state index in [1.54, 1.807) is 35.7 Å². The molecule has 0 spiro atoms. The van der Waals surface area contributed by atoms with Crippen LogP contribution in [0.25, 0.3) is 78.5 Å². The number of nitrogens with one attached hydrogen (secondary N) is 1. The maximum absolute atomic E-state index is 13.4. The summed E-state index contributed by atoms with van der Waals surface area (Å²) in [7, 11) is 0. The van der Waals surface area contributed by atoms with Crippen molar-refractivity contribution in [2.75, 3.05) is 0 Å². The molecule has 1 N–H and O–H groups in total. The number of halogens is 2. The van der Waals surface area contributed by atoms with E-state index in [1.165, 1.54) is 6.33 Å². The molecule has 6 aromatic heterocycles. The van der Waals surface area contributed by atoms with E-state index in [0.717, 1.165) is 22.3 Å². The third-order valence-electron chi connectivity index (χ3n) is 9.88. The van der Waals surface area contributed by atoms with Crippen molar-refractivity contribution in [1.29, 1.82) is 0 Å². The number of hydrogen-bond donors (Lipinski definition) is 1. The van der Waals surface area contributed by atoms with Gasteiger partial charge < -0.3 is 18.7 Å². The van der Waals surface area contributed by atoms with Gasteiger partial charge in [0.25, 0.3) is 0 Å². The molecule has 0 amide bonds. The fourth-order valence-electron chi connectivity index (χ4n) is 6.99. The second-order valence-corrected chi connectivity index (χ2v) is 14.2. The predicted molar refractivity (Wildman–Crippen MR) is 236 cm³/mol. The smallest absolute Gasteiger partial charge is 0.226 e. The van der Waals surface area contributed by atoms with Crippen molar-refractivity contribution >= 4 is 45.5 Å². The van der Waals surface area contributed by atoms with Crippen LogP contribution in [0.3, 0.4) is 0 Å². The molecule has 0 saturated heterocycles. The first kappa shape index (κ1) is 38.0. The quantitative estimate of drug-likeness (QED) is 0.157. The lowest BCUT2D eigenvalue weighted by Crippen LogP contribution is -2.13. The van der Waals surface area contributed by atoms with Gasteiger partial charge >= 0.3 is 0 Å². The third kappa shape index (κ3) is 7.37. The van der Waals surface area contributed by atoms with E-state index in [2.05, 4.69) is 34.9 Å². The molecule has 14 heteroatoms. The van der Waals surface area contributed by atoms with Crippen LogP contribution in [0, 0.1) is 0 Å². The fraction of sp³-hybridized carbons (Fsp3) is 0.0435. The molecule has 0 radical (unpaired) electrons. The lowest BCUT2D eigenvalue weighted by Gasteiger charge is -2.13. The standard InChI is InChI=1S/C24H18ClN5O.C22H14ClN5O/c1-2-29-15-26-20-22(29)27-24(25)28-23(20)30-13-18(16-9-5-3-6-10-16)21(31)19(14-30)17-11-7-4-8-12-17;23-22-26-20-18(24-13-25-20)21(27-22)28-11-16(14-7-3-1-4-8-14)19(29)17(12-28)15-9-5-2-6-10-15/h3-15H,2H2,1H3;1-13H,(H,24,25,26,27). The van der Waals surface area contributed by atoms with E-state index in [4.69, 9.17) is 23.2 Å². The molecule has 0 unspecified atom stereocenters. The summed E-state index contributed by atoms with van der Waals surface area (Å²) in [6, 6.07) is 38.3. The number of imidazole rings is 2. The lowest BCUT2D eigenvalue weighted by molar-refractivity contribution is 0.777. The zero-order chi connectivity index (χ0) is 41.2. The number of nitrogens with zero attached hydrogens (tertiary/aromatic N) is 9. The number of hydrogen-bond acceptors (Lipinski definition) is 8. The van der Waals surface area contributed by atoms with E-state index < -0.39 is 0 Å². The number of aryl methyl sites for hydroxylation is 1. The molecule has 6 heterocycles. The Kier molecular flexibility index (Phi) is 10.4. The minimum Gasteiger partial charge on any atom is -0.340 e. The molecule has 4 aromatic carbocycles. The molecule has 0 aliphatic heterocycles. The number of H-pyrrole nitrogens is 1. The highest BCUT2D eigenvalue weighted by Crippen LogP contribution is 2.28. The van der Waals surface area contributed by atoms with Crippen LogP contribution in [0.15, 0.2) is 168 Å². The molecule has 10 aromatic rings. The molecule has 292 valence electrons. The molecule has 0 atom stereocenters. The Bertz CT molecular complexity index is 3130. The van der Waals surface area contributed by atoms with Gasteiger partial charge in [-0.25, -0.2) is 9.97 Å².